The summed E-state index contributed by atoms with van der Waals surface area (Å²) in [7, 11) is -2.25. The maximum absolute atomic E-state index is 13.2. The molecule has 3 rings (SSSR count). The smallest absolute Gasteiger partial charge is 0.248 e. The highest BCUT2D eigenvalue weighted by molar-refractivity contribution is 7.89. The molecule has 8 heteroatoms. The molecule has 1 N–H and O–H groups in total. The fraction of sp³-hybridized carbons (Fsp3) is 0.368. The van der Waals surface area contributed by atoms with E-state index in [1.54, 1.807) is 26.1 Å². The molecule has 1 atom stereocenters. The predicted octanol–water partition coefficient (Wildman–Crippen LogP) is 2.30. The highest BCUT2D eigenvalue weighted by atomic mass is 32.2. The number of nitrogens with one attached hydrogen (secondary N) is 1. The van der Waals surface area contributed by atoms with Gasteiger partial charge in [-0.1, -0.05) is 41.6 Å². The molecule has 2 aromatic rings. The van der Waals surface area contributed by atoms with Crippen molar-refractivity contribution < 1.29 is 17.7 Å². The lowest BCUT2D eigenvalue weighted by Gasteiger charge is -2.30. The molecule has 1 aliphatic heterocycles. The quantitative estimate of drug-likeness (QED) is 0.847. The maximum Gasteiger partial charge on any atom is 0.248 e. The fourth-order valence-electron chi connectivity index (χ4n) is 3.24. The Hall–Kier alpha value is -2.45. The lowest BCUT2D eigenvalue weighted by Crippen LogP contribution is -2.44. The third-order valence-electron chi connectivity index (χ3n) is 4.66. The van der Waals surface area contributed by atoms with E-state index in [1.807, 2.05) is 30.3 Å². The molecule has 1 aromatic heterocycles. The Balaban J connectivity index is 1.90. The largest absolute Gasteiger partial charge is 0.359 e. The summed E-state index contributed by atoms with van der Waals surface area (Å²) >= 11 is 0. The Kier molecular flexibility index (Phi) is 5.76. The Morgan fingerprint density at radius 1 is 1.30 bits per heavy atom. The molecule has 0 saturated carbocycles. The van der Waals surface area contributed by atoms with Crippen molar-refractivity contribution in [3.63, 3.8) is 0 Å². The van der Waals surface area contributed by atoms with Crippen LogP contribution in [0, 0.1) is 12.8 Å². The molecule has 0 spiro atoms. The molecule has 7 nitrogen and oxygen atoms in total. The summed E-state index contributed by atoms with van der Waals surface area (Å²) in [6.07, 6.45) is 4.71. The molecule has 0 unspecified atom stereocenters. The van der Waals surface area contributed by atoms with E-state index in [-0.39, 0.29) is 29.0 Å². The average Bonchev–Trinajstić information content (AvgIpc) is 3.08. The molecule has 144 valence electrons. The zero-order chi connectivity index (χ0) is 19.4. The Morgan fingerprint density at radius 2 is 2.04 bits per heavy atom. The molecule has 1 saturated heterocycles. The molecule has 27 heavy (non-hydrogen) atoms. The summed E-state index contributed by atoms with van der Waals surface area (Å²) in [5, 5.41) is 6.45. The Morgan fingerprint density at radius 3 is 2.74 bits per heavy atom. The van der Waals surface area contributed by atoms with Gasteiger partial charge in [-0.3, -0.25) is 4.79 Å². The summed E-state index contributed by atoms with van der Waals surface area (Å²) in [6, 6.07) is 9.52. The third-order valence-corrected chi connectivity index (χ3v) is 6.68. The van der Waals surface area contributed by atoms with E-state index in [2.05, 4.69) is 10.5 Å². The Labute approximate surface area is 159 Å². The molecule has 0 bridgehead atoms. The van der Waals surface area contributed by atoms with Crippen molar-refractivity contribution in [2.75, 3.05) is 20.1 Å². The third kappa shape index (κ3) is 4.12. The monoisotopic (exact) mass is 389 g/mol. The first kappa shape index (κ1) is 19.3. The number of carbonyl (C=O) groups excluding carboxylic acids is 1. The van der Waals surface area contributed by atoms with E-state index < -0.39 is 10.0 Å². The summed E-state index contributed by atoms with van der Waals surface area (Å²) in [5.74, 6) is -0.290. The first-order chi connectivity index (χ1) is 12.9. The minimum absolute atomic E-state index is 0.0623. The number of nitrogens with zero attached hydrogens (tertiary/aromatic N) is 2. The molecule has 1 fully saturated rings. The van der Waals surface area contributed by atoms with Gasteiger partial charge in [0.25, 0.3) is 0 Å². The highest BCUT2D eigenvalue weighted by Gasteiger charge is 2.36. The van der Waals surface area contributed by atoms with E-state index in [4.69, 9.17) is 4.52 Å². The van der Waals surface area contributed by atoms with Crippen LogP contribution in [0.5, 0.6) is 0 Å². The summed E-state index contributed by atoms with van der Waals surface area (Å²) in [4.78, 5) is 12.0. The van der Waals surface area contributed by atoms with Crippen LogP contribution in [0.4, 0.5) is 0 Å². The van der Waals surface area contributed by atoms with Gasteiger partial charge in [0, 0.05) is 20.1 Å². The van der Waals surface area contributed by atoms with Gasteiger partial charge in [-0.25, -0.2) is 8.42 Å². The minimum atomic E-state index is -3.81. The number of carbonyl (C=O) groups is 1. The van der Waals surface area contributed by atoms with Crippen LogP contribution in [0.2, 0.25) is 0 Å². The van der Waals surface area contributed by atoms with Crippen molar-refractivity contribution in [2.24, 2.45) is 5.92 Å². The standard InChI is InChI=1S/C19H23N3O4S/c1-14-18(17(26-21-14)11-10-15-7-4-3-5-8-15)27(24,25)22-12-6-9-16(13-22)19(23)20-2/h3-5,7-8,10-11,16H,6,9,12-13H2,1-2H3,(H,20,23)/b11-10+/t16-/m1/s1. The molecule has 1 amide bonds. The van der Waals surface area contributed by atoms with Crippen molar-refractivity contribution in [1.82, 2.24) is 14.8 Å². The molecule has 1 aliphatic rings. The van der Waals surface area contributed by atoms with E-state index in [0.29, 0.717) is 25.1 Å². The number of benzene rings is 1. The van der Waals surface area contributed by atoms with Gasteiger partial charge >= 0.3 is 0 Å². The van der Waals surface area contributed by atoms with Crippen LogP contribution in [0.15, 0.2) is 39.8 Å². The lowest BCUT2D eigenvalue weighted by atomic mass is 9.99. The predicted molar refractivity (Wildman–Crippen MR) is 102 cm³/mol. The van der Waals surface area contributed by atoms with Gasteiger partial charge in [-0.05, 0) is 31.4 Å². The van der Waals surface area contributed by atoms with Gasteiger partial charge in [0.1, 0.15) is 5.69 Å². The number of sulfonamides is 1. The highest BCUT2D eigenvalue weighted by Crippen LogP contribution is 2.29. The minimum Gasteiger partial charge on any atom is -0.359 e. The molecule has 0 radical (unpaired) electrons. The van der Waals surface area contributed by atoms with Gasteiger partial charge < -0.3 is 9.84 Å². The van der Waals surface area contributed by atoms with Crippen molar-refractivity contribution in [3.8, 4) is 0 Å². The normalized spacial score (nSPS) is 18.7. The second kappa shape index (κ2) is 8.06. The van der Waals surface area contributed by atoms with Gasteiger partial charge in [0.05, 0.1) is 5.92 Å². The number of aryl methyl sites for hydroxylation is 1. The summed E-state index contributed by atoms with van der Waals surface area (Å²) < 4.78 is 33.1. The van der Waals surface area contributed by atoms with Crippen molar-refractivity contribution in [1.29, 1.82) is 0 Å². The first-order valence-electron chi connectivity index (χ1n) is 8.84. The lowest BCUT2D eigenvalue weighted by molar-refractivity contribution is -0.125. The molecule has 0 aliphatic carbocycles. The van der Waals surface area contributed by atoms with Crippen LogP contribution in [0.1, 0.15) is 29.9 Å². The SMILES string of the molecule is CNC(=O)[C@@H]1CCCN(S(=O)(=O)c2c(C)noc2/C=C/c2ccccc2)C1. The molecular weight excluding hydrogens is 366 g/mol. The molecular formula is C19H23N3O4S. The average molecular weight is 389 g/mol. The van der Waals surface area contributed by atoms with Gasteiger partial charge in [0.15, 0.2) is 10.7 Å². The van der Waals surface area contributed by atoms with E-state index in [9.17, 15) is 13.2 Å². The van der Waals surface area contributed by atoms with E-state index in [1.165, 1.54) is 4.31 Å². The maximum atomic E-state index is 13.2. The number of hydrogen-bond acceptors (Lipinski definition) is 5. The summed E-state index contributed by atoms with van der Waals surface area (Å²) in [5.41, 5.74) is 1.23. The Bertz CT molecular complexity index is 935. The summed E-state index contributed by atoms with van der Waals surface area (Å²) in [6.45, 7) is 2.15. The van der Waals surface area contributed by atoms with E-state index in [0.717, 1.165) is 5.56 Å². The van der Waals surface area contributed by atoms with Crippen LogP contribution in [0.25, 0.3) is 12.2 Å². The number of rotatable bonds is 5. The molecule has 1 aromatic carbocycles. The number of aromatic nitrogens is 1. The molecule has 2 heterocycles. The van der Waals surface area contributed by atoms with Crippen LogP contribution < -0.4 is 5.32 Å². The van der Waals surface area contributed by atoms with Crippen LogP contribution in [0.3, 0.4) is 0 Å². The van der Waals surface area contributed by atoms with Crippen LogP contribution >= 0.6 is 0 Å². The van der Waals surface area contributed by atoms with Crippen molar-refractivity contribution in [3.05, 3.63) is 47.3 Å². The van der Waals surface area contributed by atoms with Gasteiger partial charge in [-0.2, -0.15) is 4.31 Å². The zero-order valence-electron chi connectivity index (χ0n) is 15.4. The second-order valence-corrected chi connectivity index (χ2v) is 8.40. The van der Waals surface area contributed by atoms with E-state index >= 15 is 0 Å². The van der Waals surface area contributed by atoms with Crippen LogP contribution in [-0.2, 0) is 14.8 Å². The van der Waals surface area contributed by atoms with Gasteiger partial charge in [-0.15, -0.1) is 0 Å². The first-order valence-corrected chi connectivity index (χ1v) is 10.3. The van der Waals surface area contributed by atoms with Crippen LogP contribution in [-0.4, -0.2) is 43.9 Å². The van der Waals surface area contributed by atoms with Crippen molar-refractivity contribution in [2.45, 2.75) is 24.7 Å². The second-order valence-electron chi connectivity index (χ2n) is 6.52. The topological polar surface area (TPSA) is 92.5 Å². The number of hydrogen-bond donors (Lipinski definition) is 1. The van der Waals surface area contributed by atoms with Gasteiger partial charge in [0.2, 0.25) is 15.9 Å². The van der Waals surface area contributed by atoms with Crippen molar-refractivity contribution >= 4 is 28.1 Å². The number of amides is 1. The number of piperidine rings is 1. The fourth-order valence-corrected chi connectivity index (χ4v) is 5.02. The zero-order valence-corrected chi connectivity index (χ0v) is 16.2.